The monoisotopic (exact) mass is 282 g/mol. The summed E-state index contributed by atoms with van der Waals surface area (Å²) in [7, 11) is -3.44. The van der Waals surface area contributed by atoms with Crippen molar-refractivity contribution in [2.75, 3.05) is 0 Å². The average molecular weight is 282 g/mol. The molecule has 3 N–H and O–H groups in total. The van der Waals surface area contributed by atoms with E-state index in [2.05, 4.69) is 18.6 Å². The van der Waals surface area contributed by atoms with Crippen LogP contribution >= 0.6 is 0 Å². The van der Waals surface area contributed by atoms with Gasteiger partial charge in [-0.15, -0.1) is 0 Å². The Morgan fingerprint density at radius 3 is 2.63 bits per heavy atom. The van der Waals surface area contributed by atoms with Crippen LogP contribution in [0.2, 0.25) is 0 Å². The van der Waals surface area contributed by atoms with Crippen LogP contribution in [0.15, 0.2) is 29.2 Å². The number of rotatable bonds is 5. The van der Waals surface area contributed by atoms with Gasteiger partial charge in [0.05, 0.1) is 4.90 Å². The lowest BCUT2D eigenvalue weighted by molar-refractivity contribution is 0.554. The molecule has 4 nitrogen and oxygen atoms in total. The van der Waals surface area contributed by atoms with E-state index in [1.54, 1.807) is 18.2 Å². The van der Waals surface area contributed by atoms with Crippen LogP contribution < -0.4 is 10.5 Å². The summed E-state index contributed by atoms with van der Waals surface area (Å²) in [6.07, 6.45) is 1.67. The molecule has 1 fully saturated rings. The average Bonchev–Trinajstić information content (AvgIpc) is 2.94. The van der Waals surface area contributed by atoms with Crippen molar-refractivity contribution in [2.24, 2.45) is 11.1 Å². The van der Waals surface area contributed by atoms with Crippen molar-refractivity contribution in [1.29, 1.82) is 0 Å². The maximum absolute atomic E-state index is 12.3. The lowest BCUT2D eigenvalue weighted by Crippen LogP contribution is -2.28. The minimum atomic E-state index is -3.44. The maximum Gasteiger partial charge on any atom is 0.240 e. The number of nitrogens with one attached hydrogen (secondary N) is 1. The third kappa shape index (κ3) is 3.16. The first-order valence-electron chi connectivity index (χ1n) is 6.64. The van der Waals surface area contributed by atoms with Crippen LogP contribution in [0.5, 0.6) is 0 Å². The quantitative estimate of drug-likeness (QED) is 0.869. The normalized spacial score (nSPS) is 23.1. The fraction of sp³-hybridized carbons (Fsp3) is 0.571. The van der Waals surface area contributed by atoms with Gasteiger partial charge in [0, 0.05) is 12.1 Å². The summed E-state index contributed by atoms with van der Waals surface area (Å²) in [5, 5.41) is 0. The van der Waals surface area contributed by atoms with Gasteiger partial charge in [0.25, 0.3) is 0 Å². The van der Waals surface area contributed by atoms with Crippen molar-refractivity contribution < 1.29 is 8.42 Å². The Morgan fingerprint density at radius 1 is 1.47 bits per heavy atom. The van der Waals surface area contributed by atoms with Crippen LogP contribution in [0.4, 0.5) is 0 Å². The molecule has 1 aliphatic rings. The summed E-state index contributed by atoms with van der Waals surface area (Å²) >= 11 is 0. The second-order valence-corrected chi connectivity index (χ2v) is 7.67. The minimum Gasteiger partial charge on any atom is -0.324 e. The van der Waals surface area contributed by atoms with Gasteiger partial charge in [-0.1, -0.05) is 32.9 Å². The van der Waals surface area contributed by atoms with E-state index in [1.165, 1.54) is 0 Å². The highest BCUT2D eigenvalue weighted by Crippen LogP contribution is 2.45. The second kappa shape index (κ2) is 4.89. The Hall–Kier alpha value is -0.910. The molecule has 0 heterocycles. The molecule has 106 valence electrons. The number of sulfonamides is 1. The van der Waals surface area contributed by atoms with E-state index in [0.29, 0.717) is 4.90 Å². The van der Waals surface area contributed by atoms with E-state index in [-0.39, 0.29) is 17.5 Å². The molecule has 0 aliphatic heterocycles. The van der Waals surface area contributed by atoms with Crippen LogP contribution in [0.3, 0.4) is 0 Å². The van der Waals surface area contributed by atoms with Crippen LogP contribution in [0.25, 0.3) is 0 Å². The van der Waals surface area contributed by atoms with Gasteiger partial charge in [-0.25, -0.2) is 13.1 Å². The van der Waals surface area contributed by atoms with E-state index >= 15 is 0 Å². The molecule has 0 amide bonds. The summed E-state index contributed by atoms with van der Waals surface area (Å²) in [4.78, 5) is 0.302. The van der Waals surface area contributed by atoms with Crippen molar-refractivity contribution >= 4 is 10.0 Å². The van der Waals surface area contributed by atoms with E-state index in [1.807, 2.05) is 13.0 Å². The van der Waals surface area contributed by atoms with Crippen molar-refractivity contribution in [2.45, 2.75) is 50.6 Å². The van der Waals surface area contributed by atoms with Gasteiger partial charge in [-0.2, -0.15) is 0 Å². The molecule has 2 atom stereocenters. The lowest BCUT2D eigenvalue weighted by atomic mass is 10.1. The zero-order valence-corrected chi connectivity index (χ0v) is 12.5. The number of hydrogen-bond donors (Lipinski definition) is 2. The summed E-state index contributed by atoms with van der Waals surface area (Å²) in [6.45, 7) is 6.10. The van der Waals surface area contributed by atoms with Gasteiger partial charge < -0.3 is 5.73 Å². The molecular formula is C14H22N2O2S. The molecule has 0 saturated heterocycles. The second-order valence-electron chi connectivity index (χ2n) is 5.95. The Labute approximate surface area is 115 Å². The van der Waals surface area contributed by atoms with E-state index in [9.17, 15) is 8.42 Å². The van der Waals surface area contributed by atoms with Crippen LogP contribution in [-0.4, -0.2) is 14.5 Å². The highest BCUT2D eigenvalue weighted by atomic mass is 32.2. The zero-order valence-electron chi connectivity index (χ0n) is 11.7. The first-order chi connectivity index (χ1) is 8.76. The smallest absolute Gasteiger partial charge is 0.240 e. The highest BCUT2D eigenvalue weighted by Gasteiger charge is 2.47. The third-order valence-electron chi connectivity index (χ3n) is 3.85. The van der Waals surface area contributed by atoms with Crippen LogP contribution in [0.1, 0.15) is 45.2 Å². The predicted octanol–water partition coefficient (Wildman–Crippen LogP) is 2.17. The Bertz CT molecular complexity index is 567. The molecular weight excluding hydrogens is 260 g/mol. The number of nitrogens with two attached hydrogens (primary N) is 1. The van der Waals surface area contributed by atoms with Gasteiger partial charge in [0.1, 0.15) is 0 Å². The zero-order chi connectivity index (χ0) is 14.3. The molecule has 2 rings (SSSR count). The topological polar surface area (TPSA) is 72.2 Å². The standard InChI is InChI=1S/C14H22N2O2S/c1-4-12(15)10-6-5-7-11(8-10)19(17,18)16-13-9-14(13,2)3/h5-8,12-13,16H,4,9,15H2,1-3H3. The molecule has 1 aromatic rings. The summed E-state index contributed by atoms with van der Waals surface area (Å²) in [5.74, 6) is 0. The Balaban J connectivity index is 2.21. The molecule has 0 spiro atoms. The number of benzene rings is 1. The van der Waals surface area contributed by atoms with Gasteiger partial charge in [0.2, 0.25) is 10.0 Å². The fourth-order valence-corrected chi connectivity index (χ4v) is 3.53. The molecule has 5 heteroatoms. The van der Waals surface area contributed by atoms with Gasteiger partial charge in [0.15, 0.2) is 0 Å². The Morgan fingerprint density at radius 2 is 2.11 bits per heavy atom. The van der Waals surface area contributed by atoms with Crippen molar-refractivity contribution in [1.82, 2.24) is 4.72 Å². The molecule has 1 aliphatic carbocycles. The molecule has 19 heavy (non-hydrogen) atoms. The van der Waals surface area contributed by atoms with Gasteiger partial charge >= 0.3 is 0 Å². The van der Waals surface area contributed by atoms with Crippen molar-refractivity contribution in [3.8, 4) is 0 Å². The molecule has 0 bridgehead atoms. The molecule has 0 aromatic heterocycles. The van der Waals surface area contributed by atoms with Crippen LogP contribution in [-0.2, 0) is 10.0 Å². The van der Waals surface area contributed by atoms with Gasteiger partial charge in [-0.05, 0) is 36.0 Å². The summed E-state index contributed by atoms with van der Waals surface area (Å²) in [5.41, 5.74) is 6.88. The van der Waals surface area contributed by atoms with Crippen LogP contribution in [0, 0.1) is 5.41 Å². The number of hydrogen-bond acceptors (Lipinski definition) is 3. The molecule has 1 aromatic carbocycles. The first-order valence-corrected chi connectivity index (χ1v) is 8.12. The van der Waals surface area contributed by atoms with E-state index < -0.39 is 10.0 Å². The summed E-state index contributed by atoms with van der Waals surface area (Å²) < 4.78 is 27.3. The Kier molecular flexibility index (Phi) is 3.73. The largest absolute Gasteiger partial charge is 0.324 e. The first kappa shape index (κ1) is 14.5. The van der Waals surface area contributed by atoms with E-state index in [4.69, 9.17) is 5.73 Å². The fourth-order valence-electron chi connectivity index (χ4n) is 2.07. The maximum atomic E-state index is 12.3. The summed E-state index contributed by atoms with van der Waals surface area (Å²) in [6, 6.07) is 6.83. The third-order valence-corrected chi connectivity index (χ3v) is 5.32. The lowest BCUT2D eigenvalue weighted by Gasteiger charge is -2.12. The highest BCUT2D eigenvalue weighted by molar-refractivity contribution is 7.89. The van der Waals surface area contributed by atoms with E-state index in [0.717, 1.165) is 18.4 Å². The molecule has 1 saturated carbocycles. The minimum absolute atomic E-state index is 0.0426. The molecule has 2 unspecified atom stereocenters. The predicted molar refractivity (Wildman–Crippen MR) is 76.2 cm³/mol. The molecule has 0 radical (unpaired) electrons. The SMILES string of the molecule is CCC(N)c1cccc(S(=O)(=O)NC2CC2(C)C)c1. The van der Waals surface area contributed by atoms with Crippen molar-refractivity contribution in [3.63, 3.8) is 0 Å². The van der Waals surface area contributed by atoms with Crippen molar-refractivity contribution in [3.05, 3.63) is 29.8 Å². The van der Waals surface area contributed by atoms with Gasteiger partial charge in [-0.3, -0.25) is 0 Å².